The summed E-state index contributed by atoms with van der Waals surface area (Å²) in [7, 11) is -4.76. The van der Waals surface area contributed by atoms with Gasteiger partial charge in [0.05, 0.1) is 13.2 Å². The third-order valence-corrected chi connectivity index (χ3v) is 10.4. The summed E-state index contributed by atoms with van der Waals surface area (Å²) in [5, 5.41) is 21.8. The SMILES string of the molecule is CCCCC/C=C\C/C=C\C/C=C\CCCCCCCCC(=O)NC(COP(=O)(O)OCC(O)COC(=O)CCCCCCCCCCCCCCC)C(=O)O. The molecule has 326 valence electrons. The van der Waals surface area contributed by atoms with E-state index in [9.17, 15) is 34.1 Å². The summed E-state index contributed by atoms with van der Waals surface area (Å²) in [6.07, 6.45) is 41.6. The highest BCUT2D eigenvalue weighted by Gasteiger charge is 2.28. The molecular formula is C44H80NO10P. The highest BCUT2D eigenvalue weighted by Crippen LogP contribution is 2.43. The van der Waals surface area contributed by atoms with Gasteiger partial charge >= 0.3 is 19.8 Å². The quantitative estimate of drug-likeness (QED) is 0.0202. The molecule has 56 heavy (non-hydrogen) atoms. The van der Waals surface area contributed by atoms with Crippen molar-refractivity contribution in [2.45, 2.75) is 206 Å². The van der Waals surface area contributed by atoms with Gasteiger partial charge < -0.3 is 25.2 Å². The van der Waals surface area contributed by atoms with Gasteiger partial charge in [-0.1, -0.05) is 166 Å². The molecule has 0 aliphatic rings. The number of carboxylic acids is 1. The van der Waals surface area contributed by atoms with Crippen molar-refractivity contribution in [2.75, 3.05) is 19.8 Å². The summed E-state index contributed by atoms with van der Waals surface area (Å²) in [6, 6.07) is -1.55. The summed E-state index contributed by atoms with van der Waals surface area (Å²) in [5.41, 5.74) is 0. The van der Waals surface area contributed by atoms with Crippen LogP contribution in [0.1, 0.15) is 194 Å². The summed E-state index contributed by atoms with van der Waals surface area (Å²) in [6.45, 7) is 2.56. The lowest BCUT2D eigenvalue weighted by Crippen LogP contribution is -2.43. The van der Waals surface area contributed by atoms with E-state index in [0.717, 1.165) is 70.6 Å². The van der Waals surface area contributed by atoms with E-state index in [0.29, 0.717) is 12.8 Å². The van der Waals surface area contributed by atoms with Crippen LogP contribution in [0.2, 0.25) is 0 Å². The highest BCUT2D eigenvalue weighted by atomic mass is 31.2. The fourth-order valence-electron chi connectivity index (χ4n) is 5.97. The Morgan fingerprint density at radius 1 is 0.571 bits per heavy atom. The lowest BCUT2D eigenvalue weighted by molar-refractivity contribution is -0.147. The molecule has 1 amide bonds. The van der Waals surface area contributed by atoms with Gasteiger partial charge in [0, 0.05) is 12.8 Å². The number of unbranched alkanes of at least 4 members (excludes halogenated alkanes) is 21. The van der Waals surface area contributed by atoms with E-state index in [2.05, 4.69) is 55.6 Å². The van der Waals surface area contributed by atoms with Crippen molar-refractivity contribution in [3.05, 3.63) is 36.5 Å². The number of aliphatic carboxylic acids is 1. The molecule has 3 atom stereocenters. The van der Waals surface area contributed by atoms with Gasteiger partial charge in [-0.3, -0.25) is 18.6 Å². The molecule has 0 spiro atoms. The first-order chi connectivity index (χ1) is 27.1. The Morgan fingerprint density at radius 2 is 0.982 bits per heavy atom. The molecule has 12 heteroatoms. The van der Waals surface area contributed by atoms with Crippen LogP contribution in [0, 0.1) is 0 Å². The maximum Gasteiger partial charge on any atom is 0.472 e. The van der Waals surface area contributed by atoms with Gasteiger partial charge in [-0.2, -0.15) is 0 Å². The Kier molecular flexibility index (Phi) is 37.9. The minimum Gasteiger partial charge on any atom is -0.480 e. The second kappa shape index (κ2) is 39.5. The molecule has 0 saturated heterocycles. The first-order valence-corrected chi connectivity index (χ1v) is 23.5. The fraction of sp³-hybridized carbons (Fsp3) is 0.795. The van der Waals surface area contributed by atoms with Crippen LogP contribution in [-0.4, -0.2) is 64.9 Å². The number of aliphatic hydroxyl groups is 1. The van der Waals surface area contributed by atoms with Crippen LogP contribution in [0.5, 0.6) is 0 Å². The predicted molar refractivity (Wildman–Crippen MR) is 226 cm³/mol. The summed E-state index contributed by atoms with van der Waals surface area (Å²) in [4.78, 5) is 45.9. The number of phosphoric ester groups is 1. The number of carbonyl (C=O) groups excluding carboxylic acids is 2. The standard InChI is InChI=1S/C44H80NO10P/c1-3-5-7-9-11-13-15-17-18-19-20-21-22-24-25-27-29-31-33-35-42(47)45-41(44(49)50)39-55-56(51,52)54-38-40(46)37-53-43(48)36-34-32-30-28-26-23-16-14-12-10-8-6-4-2/h11,13,17-18,20-21,40-41,46H,3-10,12,14-16,19,22-39H2,1-2H3,(H,45,47)(H,49,50)(H,51,52)/b13-11-,18-17-,21-20-. The van der Waals surface area contributed by atoms with E-state index < -0.39 is 57.6 Å². The number of nitrogens with one attached hydrogen (secondary N) is 1. The van der Waals surface area contributed by atoms with Crippen LogP contribution in [0.4, 0.5) is 0 Å². The van der Waals surface area contributed by atoms with Crippen LogP contribution in [0.3, 0.4) is 0 Å². The van der Waals surface area contributed by atoms with Crippen LogP contribution in [-0.2, 0) is 32.7 Å². The molecule has 0 heterocycles. The molecule has 4 N–H and O–H groups in total. The predicted octanol–water partition coefficient (Wildman–Crippen LogP) is 11.2. The number of allylic oxidation sites excluding steroid dienone is 6. The first-order valence-electron chi connectivity index (χ1n) is 22.0. The molecule has 3 unspecified atom stereocenters. The molecule has 0 aromatic heterocycles. The summed E-state index contributed by atoms with van der Waals surface area (Å²) in [5.74, 6) is -2.39. The van der Waals surface area contributed by atoms with E-state index in [4.69, 9.17) is 13.8 Å². The van der Waals surface area contributed by atoms with Gasteiger partial charge in [0.1, 0.15) is 12.7 Å². The molecule has 0 saturated carbocycles. The zero-order valence-corrected chi connectivity index (χ0v) is 36.1. The van der Waals surface area contributed by atoms with Gasteiger partial charge in [-0.25, -0.2) is 9.36 Å². The number of hydrogen-bond donors (Lipinski definition) is 4. The highest BCUT2D eigenvalue weighted by molar-refractivity contribution is 7.47. The molecule has 0 aliphatic carbocycles. The average Bonchev–Trinajstić information content (AvgIpc) is 3.17. The molecular weight excluding hydrogens is 733 g/mol. The van der Waals surface area contributed by atoms with Gasteiger partial charge in [0.2, 0.25) is 5.91 Å². The van der Waals surface area contributed by atoms with Crippen molar-refractivity contribution >= 4 is 25.7 Å². The van der Waals surface area contributed by atoms with Gasteiger partial charge in [0.15, 0.2) is 6.04 Å². The zero-order valence-electron chi connectivity index (χ0n) is 35.2. The van der Waals surface area contributed by atoms with Gasteiger partial charge in [0.25, 0.3) is 0 Å². The maximum atomic E-state index is 12.3. The topological polar surface area (TPSA) is 169 Å². The maximum absolute atomic E-state index is 12.3. The van der Waals surface area contributed by atoms with Crippen molar-refractivity contribution in [3.8, 4) is 0 Å². The Balaban J connectivity index is 3.93. The number of carbonyl (C=O) groups is 3. The lowest BCUT2D eigenvalue weighted by Gasteiger charge is -2.18. The van der Waals surface area contributed by atoms with Crippen molar-refractivity contribution in [1.82, 2.24) is 5.32 Å². The fourth-order valence-corrected chi connectivity index (χ4v) is 6.74. The summed E-state index contributed by atoms with van der Waals surface area (Å²) >= 11 is 0. The van der Waals surface area contributed by atoms with Crippen LogP contribution < -0.4 is 5.32 Å². The third kappa shape index (κ3) is 38.6. The normalized spacial score (nSPS) is 14.1. The smallest absolute Gasteiger partial charge is 0.472 e. The average molecular weight is 814 g/mol. The molecule has 0 fully saturated rings. The van der Waals surface area contributed by atoms with Crippen LogP contribution in [0.25, 0.3) is 0 Å². The number of ether oxygens (including phenoxy) is 1. The molecule has 0 rings (SSSR count). The van der Waals surface area contributed by atoms with E-state index in [1.807, 2.05) is 0 Å². The number of aliphatic hydroxyl groups excluding tert-OH is 1. The van der Waals surface area contributed by atoms with Crippen molar-refractivity contribution in [3.63, 3.8) is 0 Å². The van der Waals surface area contributed by atoms with Crippen molar-refractivity contribution < 1.29 is 47.8 Å². The number of amides is 1. The third-order valence-electron chi connectivity index (χ3n) is 9.43. The Morgan fingerprint density at radius 3 is 1.50 bits per heavy atom. The van der Waals surface area contributed by atoms with Crippen molar-refractivity contribution in [1.29, 1.82) is 0 Å². The Bertz CT molecular complexity index is 1100. The first kappa shape index (κ1) is 53.7. The second-order valence-corrected chi connectivity index (χ2v) is 16.3. The largest absolute Gasteiger partial charge is 0.480 e. The lowest BCUT2D eigenvalue weighted by atomic mass is 10.0. The van der Waals surface area contributed by atoms with E-state index >= 15 is 0 Å². The monoisotopic (exact) mass is 814 g/mol. The number of rotatable bonds is 41. The molecule has 0 aromatic rings. The number of phosphoric acid groups is 1. The minimum atomic E-state index is -4.76. The molecule has 0 radical (unpaired) electrons. The minimum absolute atomic E-state index is 0.131. The van der Waals surface area contributed by atoms with E-state index in [1.54, 1.807) is 0 Å². The summed E-state index contributed by atoms with van der Waals surface area (Å²) < 4.78 is 26.8. The Hall–Kier alpha value is -2.30. The molecule has 0 aliphatic heterocycles. The number of hydrogen-bond acceptors (Lipinski definition) is 8. The zero-order chi connectivity index (χ0) is 41.4. The van der Waals surface area contributed by atoms with Crippen molar-refractivity contribution in [2.24, 2.45) is 0 Å². The van der Waals surface area contributed by atoms with Gasteiger partial charge in [-0.15, -0.1) is 0 Å². The number of carboxylic acid groups (broad SMARTS) is 1. The van der Waals surface area contributed by atoms with E-state index in [1.165, 1.54) is 83.5 Å². The second-order valence-electron chi connectivity index (χ2n) is 14.9. The van der Waals surface area contributed by atoms with Gasteiger partial charge in [-0.05, 0) is 51.4 Å². The van der Waals surface area contributed by atoms with Crippen LogP contribution in [0.15, 0.2) is 36.5 Å². The molecule has 0 bridgehead atoms. The van der Waals surface area contributed by atoms with Crippen LogP contribution >= 0.6 is 7.82 Å². The Labute approximate surface area is 340 Å². The van der Waals surface area contributed by atoms with E-state index in [-0.39, 0.29) is 12.8 Å². The molecule has 11 nitrogen and oxygen atoms in total. The number of esters is 1. The molecule has 0 aromatic carbocycles.